The van der Waals surface area contributed by atoms with Crippen LogP contribution < -0.4 is 5.32 Å². The first-order valence-corrected chi connectivity index (χ1v) is 7.56. The standard InChI is InChI=1S/C15H20INO/c1-10-6-4-7-11(13(10)16)14(18)17-12-8-5-9-15(12,2)3/h4,6-7,12H,5,8-9H2,1-3H3,(H,17,18). The maximum Gasteiger partial charge on any atom is 0.252 e. The van der Waals surface area contributed by atoms with Gasteiger partial charge in [0.25, 0.3) is 5.91 Å². The van der Waals surface area contributed by atoms with Crippen molar-refractivity contribution in [1.82, 2.24) is 5.32 Å². The van der Waals surface area contributed by atoms with Gasteiger partial charge in [-0.1, -0.05) is 32.4 Å². The Balaban J connectivity index is 2.15. The Morgan fingerprint density at radius 1 is 1.44 bits per heavy atom. The van der Waals surface area contributed by atoms with Crippen LogP contribution in [0.15, 0.2) is 18.2 Å². The third-order valence-electron chi connectivity index (χ3n) is 4.00. The number of benzene rings is 1. The summed E-state index contributed by atoms with van der Waals surface area (Å²) in [4.78, 5) is 12.3. The number of carbonyl (C=O) groups excluding carboxylic acids is 1. The lowest BCUT2D eigenvalue weighted by molar-refractivity contribution is 0.0909. The molecule has 1 aliphatic carbocycles. The Morgan fingerprint density at radius 2 is 2.17 bits per heavy atom. The smallest absolute Gasteiger partial charge is 0.252 e. The first kappa shape index (κ1) is 13.8. The summed E-state index contributed by atoms with van der Waals surface area (Å²) in [6.07, 6.45) is 3.51. The van der Waals surface area contributed by atoms with E-state index in [0.29, 0.717) is 6.04 Å². The monoisotopic (exact) mass is 357 g/mol. The SMILES string of the molecule is Cc1cccc(C(=O)NC2CCCC2(C)C)c1I. The van der Waals surface area contributed by atoms with E-state index in [1.807, 2.05) is 25.1 Å². The highest BCUT2D eigenvalue weighted by Crippen LogP contribution is 2.37. The number of aryl methyl sites for hydroxylation is 1. The average Bonchev–Trinajstić information content (AvgIpc) is 2.62. The number of nitrogens with one attached hydrogen (secondary N) is 1. The highest BCUT2D eigenvalue weighted by Gasteiger charge is 2.35. The molecule has 3 heteroatoms. The normalized spacial score (nSPS) is 21.9. The van der Waals surface area contributed by atoms with Gasteiger partial charge in [-0.15, -0.1) is 0 Å². The molecule has 0 spiro atoms. The first-order chi connectivity index (χ1) is 8.42. The highest BCUT2D eigenvalue weighted by molar-refractivity contribution is 14.1. The second kappa shape index (κ2) is 5.19. The van der Waals surface area contributed by atoms with Crippen LogP contribution in [0.4, 0.5) is 0 Å². The van der Waals surface area contributed by atoms with Crippen LogP contribution in [0.1, 0.15) is 49.0 Å². The maximum atomic E-state index is 12.3. The molecular weight excluding hydrogens is 337 g/mol. The second-order valence-electron chi connectivity index (χ2n) is 5.84. The molecule has 0 aliphatic heterocycles. The van der Waals surface area contributed by atoms with Gasteiger partial charge in [-0.3, -0.25) is 4.79 Å². The van der Waals surface area contributed by atoms with E-state index >= 15 is 0 Å². The number of halogens is 1. The van der Waals surface area contributed by atoms with Crippen molar-refractivity contribution in [3.8, 4) is 0 Å². The fourth-order valence-electron chi connectivity index (χ4n) is 2.65. The molecule has 1 aliphatic rings. The molecule has 0 heterocycles. The molecule has 1 atom stereocenters. The van der Waals surface area contributed by atoms with Crippen molar-refractivity contribution in [2.24, 2.45) is 5.41 Å². The first-order valence-electron chi connectivity index (χ1n) is 6.48. The molecule has 0 radical (unpaired) electrons. The molecule has 0 saturated heterocycles. The molecule has 98 valence electrons. The van der Waals surface area contributed by atoms with Gasteiger partial charge in [0.2, 0.25) is 0 Å². The molecule has 1 saturated carbocycles. The van der Waals surface area contributed by atoms with Gasteiger partial charge in [-0.2, -0.15) is 0 Å². The Kier molecular flexibility index (Phi) is 3.99. The van der Waals surface area contributed by atoms with Crippen LogP contribution in [-0.2, 0) is 0 Å². The maximum absolute atomic E-state index is 12.3. The molecule has 0 bridgehead atoms. The predicted octanol–water partition coefficient (Wildman–Crippen LogP) is 3.91. The van der Waals surface area contributed by atoms with E-state index < -0.39 is 0 Å². The third kappa shape index (κ3) is 2.71. The summed E-state index contributed by atoms with van der Waals surface area (Å²) in [5.41, 5.74) is 2.19. The summed E-state index contributed by atoms with van der Waals surface area (Å²) in [5, 5.41) is 3.21. The van der Waals surface area contributed by atoms with E-state index in [1.54, 1.807) is 0 Å². The molecule has 1 aromatic carbocycles. The minimum Gasteiger partial charge on any atom is -0.349 e. The molecule has 1 fully saturated rings. The molecule has 2 rings (SSSR count). The molecule has 18 heavy (non-hydrogen) atoms. The summed E-state index contributed by atoms with van der Waals surface area (Å²) in [5.74, 6) is 0.0723. The van der Waals surface area contributed by atoms with Crippen LogP contribution in [0, 0.1) is 15.9 Å². The van der Waals surface area contributed by atoms with E-state index in [4.69, 9.17) is 0 Å². The Labute approximate surface area is 123 Å². The molecule has 2 nitrogen and oxygen atoms in total. The van der Waals surface area contributed by atoms with Crippen LogP contribution in [0.3, 0.4) is 0 Å². The number of hydrogen-bond acceptors (Lipinski definition) is 1. The van der Waals surface area contributed by atoms with Crippen molar-refractivity contribution in [1.29, 1.82) is 0 Å². The Morgan fingerprint density at radius 3 is 2.78 bits per heavy atom. The summed E-state index contributed by atoms with van der Waals surface area (Å²) >= 11 is 2.25. The van der Waals surface area contributed by atoms with Gasteiger partial charge >= 0.3 is 0 Å². The lowest BCUT2D eigenvalue weighted by Gasteiger charge is -2.28. The van der Waals surface area contributed by atoms with Gasteiger partial charge in [0.1, 0.15) is 0 Å². The van der Waals surface area contributed by atoms with Crippen molar-refractivity contribution >= 4 is 28.5 Å². The average molecular weight is 357 g/mol. The fourth-order valence-corrected chi connectivity index (χ4v) is 3.26. The summed E-state index contributed by atoms with van der Waals surface area (Å²) in [6.45, 7) is 6.52. The number of hydrogen-bond donors (Lipinski definition) is 1. The summed E-state index contributed by atoms with van der Waals surface area (Å²) < 4.78 is 1.06. The zero-order chi connectivity index (χ0) is 13.3. The number of amides is 1. The van der Waals surface area contributed by atoms with Gasteiger partial charge in [0.05, 0.1) is 5.56 Å². The minimum atomic E-state index is 0.0723. The summed E-state index contributed by atoms with van der Waals surface area (Å²) in [7, 11) is 0. The van der Waals surface area contributed by atoms with Gasteiger partial charge in [-0.05, 0) is 59.4 Å². The highest BCUT2D eigenvalue weighted by atomic mass is 127. The third-order valence-corrected chi connectivity index (χ3v) is 5.43. The van der Waals surface area contributed by atoms with Crippen LogP contribution >= 0.6 is 22.6 Å². The van der Waals surface area contributed by atoms with Gasteiger partial charge in [0, 0.05) is 9.61 Å². The Hall–Kier alpha value is -0.580. The van der Waals surface area contributed by atoms with Crippen molar-refractivity contribution in [2.75, 3.05) is 0 Å². The number of rotatable bonds is 2. The molecule has 1 amide bonds. The van der Waals surface area contributed by atoms with Crippen LogP contribution in [0.2, 0.25) is 0 Å². The lowest BCUT2D eigenvalue weighted by Crippen LogP contribution is -2.41. The second-order valence-corrected chi connectivity index (χ2v) is 6.92. The molecule has 1 aromatic rings. The van der Waals surface area contributed by atoms with Crippen LogP contribution in [-0.4, -0.2) is 11.9 Å². The van der Waals surface area contributed by atoms with Crippen molar-refractivity contribution < 1.29 is 4.79 Å². The van der Waals surface area contributed by atoms with Gasteiger partial charge < -0.3 is 5.32 Å². The van der Waals surface area contributed by atoms with Crippen molar-refractivity contribution in [3.05, 3.63) is 32.9 Å². The zero-order valence-corrected chi connectivity index (χ0v) is 13.4. The van der Waals surface area contributed by atoms with E-state index in [9.17, 15) is 4.79 Å². The van der Waals surface area contributed by atoms with E-state index in [2.05, 4.69) is 41.8 Å². The van der Waals surface area contributed by atoms with Crippen molar-refractivity contribution in [2.45, 2.75) is 46.1 Å². The zero-order valence-electron chi connectivity index (χ0n) is 11.2. The largest absolute Gasteiger partial charge is 0.349 e. The lowest BCUT2D eigenvalue weighted by atomic mass is 9.87. The topological polar surface area (TPSA) is 29.1 Å². The predicted molar refractivity (Wildman–Crippen MR) is 82.8 cm³/mol. The molecular formula is C15H20INO. The van der Waals surface area contributed by atoms with Crippen LogP contribution in [0.5, 0.6) is 0 Å². The van der Waals surface area contributed by atoms with Gasteiger partial charge in [-0.25, -0.2) is 0 Å². The van der Waals surface area contributed by atoms with E-state index in [0.717, 1.165) is 21.1 Å². The van der Waals surface area contributed by atoms with Crippen molar-refractivity contribution in [3.63, 3.8) is 0 Å². The number of carbonyl (C=O) groups is 1. The quantitative estimate of drug-likeness (QED) is 0.799. The molecule has 0 aromatic heterocycles. The minimum absolute atomic E-state index is 0.0723. The van der Waals surface area contributed by atoms with E-state index in [1.165, 1.54) is 12.8 Å². The summed E-state index contributed by atoms with van der Waals surface area (Å²) in [6, 6.07) is 6.21. The van der Waals surface area contributed by atoms with E-state index in [-0.39, 0.29) is 11.3 Å². The van der Waals surface area contributed by atoms with Gasteiger partial charge in [0.15, 0.2) is 0 Å². The fraction of sp³-hybridized carbons (Fsp3) is 0.533. The molecule has 1 unspecified atom stereocenters. The Bertz CT molecular complexity index is 468. The molecule has 1 N–H and O–H groups in total. The van der Waals surface area contributed by atoms with Crippen LogP contribution in [0.25, 0.3) is 0 Å².